The molecule has 43 heavy (non-hydrogen) atoms. The monoisotopic (exact) mass is 652 g/mol. The maximum atomic E-state index is 13.0. The van der Waals surface area contributed by atoms with Crippen molar-refractivity contribution in [1.82, 2.24) is 35.7 Å². The second-order valence-corrected chi connectivity index (χ2v) is 13.9. The number of carbonyl (C=O) groups excluding carboxylic acids is 2. The number of aliphatic carboxylic acids is 1. The number of methoxy groups -OCH3 is 1. The minimum absolute atomic E-state index is 0.144. The van der Waals surface area contributed by atoms with E-state index in [-0.39, 0.29) is 11.4 Å². The topological polar surface area (TPSA) is 175 Å². The molecule has 0 radical (unpaired) electrons. The number of aryl methyl sites for hydroxylation is 1. The quantitative estimate of drug-likeness (QED) is 0.191. The number of carboxylic acid groups (broad SMARTS) is 1. The van der Waals surface area contributed by atoms with Gasteiger partial charge >= 0.3 is 5.97 Å². The van der Waals surface area contributed by atoms with Gasteiger partial charge in [-0.3, -0.25) is 14.5 Å². The fourth-order valence-electron chi connectivity index (χ4n) is 5.89. The van der Waals surface area contributed by atoms with Gasteiger partial charge in [0.1, 0.15) is 11.1 Å². The summed E-state index contributed by atoms with van der Waals surface area (Å²) < 4.78 is 6.81. The van der Waals surface area contributed by atoms with Crippen molar-refractivity contribution in [2.45, 2.75) is 97.8 Å². The van der Waals surface area contributed by atoms with E-state index in [4.69, 9.17) is 10.00 Å². The largest absolute Gasteiger partial charge is 0.477 e. The summed E-state index contributed by atoms with van der Waals surface area (Å²) in [6, 6.07) is 3.59. The highest BCUT2D eigenvalue weighted by atomic mass is 32.2. The highest BCUT2D eigenvalue weighted by Gasteiger charge is 2.66. The number of hydrogen-bond acceptors (Lipinski definition) is 12. The fraction of sp³-hybridized carbons (Fsp3) is 0.741. The molecule has 3 atom stereocenters. The molecule has 1 aromatic rings. The average molecular weight is 653 g/mol. The Morgan fingerprint density at radius 1 is 1.19 bits per heavy atom. The third-order valence-corrected chi connectivity index (χ3v) is 11.4. The van der Waals surface area contributed by atoms with E-state index in [1.807, 2.05) is 6.07 Å². The zero-order chi connectivity index (χ0) is 31.0. The number of hydrogen-bond donors (Lipinski definition) is 3. The summed E-state index contributed by atoms with van der Waals surface area (Å²) in [6.07, 6.45) is 16.2. The highest BCUT2D eigenvalue weighted by molar-refractivity contribution is 8.01. The number of β-lactam (4-membered cyclic amide) rings is 1. The lowest BCUT2D eigenvalue weighted by atomic mass is 9.91. The van der Waals surface area contributed by atoms with Gasteiger partial charge in [-0.25, -0.2) is 9.48 Å². The van der Waals surface area contributed by atoms with Gasteiger partial charge in [0.15, 0.2) is 5.25 Å². The SMILES string of the molecule is C1CCC(NC2CCCCC2)CC1.CO[C@@]1(NC(=O)C(C#N)SC)C(=O)N2C(C(=O)O)=C(CSc3nnnn3C)CS[C@H]21. The lowest BCUT2D eigenvalue weighted by molar-refractivity contribution is -0.192. The van der Waals surface area contributed by atoms with Crippen LogP contribution in [-0.2, 0) is 26.2 Å². The van der Waals surface area contributed by atoms with Crippen molar-refractivity contribution in [2.24, 2.45) is 7.05 Å². The molecule has 13 nitrogen and oxygen atoms in total. The fourth-order valence-corrected chi connectivity index (χ4v) is 8.69. The van der Waals surface area contributed by atoms with Gasteiger partial charge < -0.3 is 20.5 Å². The van der Waals surface area contributed by atoms with Crippen LogP contribution in [0.2, 0.25) is 0 Å². The Labute approximate surface area is 264 Å². The molecule has 236 valence electrons. The van der Waals surface area contributed by atoms with Crippen molar-refractivity contribution in [2.75, 3.05) is 24.9 Å². The summed E-state index contributed by atoms with van der Waals surface area (Å²) in [4.78, 5) is 38.4. The Balaban J connectivity index is 0.000000269. The summed E-state index contributed by atoms with van der Waals surface area (Å²) in [7, 11) is 2.92. The lowest BCUT2D eigenvalue weighted by Gasteiger charge is -2.55. The first-order valence-corrected chi connectivity index (χ1v) is 17.9. The molecule has 1 saturated heterocycles. The van der Waals surface area contributed by atoms with Gasteiger partial charge in [0, 0.05) is 37.7 Å². The van der Waals surface area contributed by atoms with Crippen LogP contribution < -0.4 is 10.6 Å². The molecular weight excluding hydrogens is 613 g/mol. The van der Waals surface area contributed by atoms with Crippen molar-refractivity contribution < 1.29 is 24.2 Å². The Morgan fingerprint density at radius 2 is 1.81 bits per heavy atom. The predicted molar refractivity (Wildman–Crippen MR) is 165 cm³/mol. The second kappa shape index (κ2) is 15.6. The van der Waals surface area contributed by atoms with E-state index in [9.17, 15) is 19.5 Å². The summed E-state index contributed by atoms with van der Waals surface area (Å²) >= 11 is 3.54. The minimum atomic E-state index is -1.72. The van der Waals surface area contributed by atoms with Gasteiger partial charge in [-0.2, -0.15) is 5.26 Å². The number of tetrazole rings is 1. The molecule has 3 heterocycles. The molecule has 4 aliphatic rings. The van der Waals surface area contributed by atoms with E-state index in [1.54, 1.807) is 13.3 Å². The van der Waals surface area contributed by atoms with Gasteiger partial charge in [0.25, 0.3) is 11.6 Å². The van der Waals surface area contributed by atoms with Crippen molar-refractivity contribution >= 4 is 53.1 Å². The summed E-state index contributed by atoms with van der Waals surface area (Å²) in [6.45, 7) is 0. The molecule has 2 saturated carbocycles. The van der Waals surface area contributed by atoms with E-state index in [2.05, 4.69) is 26.2 Å². The molecule has 0 bridgehead atoms. The second-order valence-electron chi connectivity index (χ2n) is 11.0. The minimum Gasteiger partial charge on any atom is -0.477 e. The van der Waals surface area contributed by atoms with Crippen LogP contribution in [-0.4, -0.2) is 101 Å². The van der Waals surface area contributed by atoms with Crippen molar-refractivity contribution in [3.63, 3.8) is 0 Å². The Kier molecular flexibility index (Phi) is 12.2. The van der Waals surface area contributed by atoms with Crippen LogP contribution in [0.1, 0.15) is 64.2 Å². The number of nitriles is 1. The number of carboxylic acids is 1. The molecular formula is C27H40N8O5S3. The first kappa shape index (κ1) is 33.6. The summed E-state index contributed by atoms with van der Waals surface area (Å²) in [5, 5.41) is 35.0. The van der Waals surface area contributed by atoms with Crippen LogP contribution in [0, 0.1) is 11.3 Å². The van der Waals surface area contributed by atoms with Crippen molar-refractivity contribution in [1.29, 1.82) is 5.26 Å². The van der Waals surface area contributed by atoms with Crippen LogP contribution in [0.4, 0.5) is 0 Å². The molecule has 0 aromatic carbocycles. The number of rotatable bonds is 10. The molecule has 3 fully saturated rings. The highest BCUT2D eigenvalue weighted by Crippen LogP contribution is 2.47. The third-order valence-electron chi connectivity index (χ3n) is 8.17. The van der Waals surface area contributed by atoms with Gasteiger partial charge in [0.05, 0.1) is 6.07 Å². The number of nitrogens with one attached hydrogen (secondary N) is 2. The predicted octanol–water partition coefficient (Wildman–Crippen LogP) is 2.51. The zero-order valence-electron chi connectivity index (χ0n) is 24.8. The van der Waals surface area contributed by atoms with Crippen LogP contribution in [0.15, 0.2) is 16.4 Å². The normalized spacial score (nSPS) is 25.1. The Hall–Kier alpha value is -2.32. The third kappa shape index (κ3) is 7.67. The summed E-state index contributed by atoms with van der Waals surface area (Å²) in [5.74, 6) is -2.05. The number of ether oxygens (including phenoxy) is 1. The van der Waals surface area contributed by atoms with Crippen LogP contribution in [0.25, 0.3) is 0 Å². The smallest absolute Gasteiger partial charge is 0.352 e. The first-order chi connectivity index (χ1) is 20.7. The molecule has 5 rings (SSSR count). The number of thioether (sulfide) groups is 3. The molecule has 2 aliphatic heterocycles. The molecule has 2 amide bonds. The number of amides is 2. The molecule has 1 aromatic heterocycles. The average Bonchev–Trinajstić information content (AvgIpc) is 3.44. The molecule has 16 heteroatoms. The number of nitrogens with zero attached hydrogens (tertiary/aromatic N) is 6. The zero-order valence-corrected chi connectivity index (χ0v) is 27.2. The molecule has 3 N–H and O–H groups in total. The van der Waals surface area contributed by atoms with Crippen molar-refractivity contribution in [3.8, 4) is 6.07 Å². The molecule has 1 unspecified atom stereocenters. The van der Waals surface area contributed by atoms with Crippen LogP contribution in [0.5, 0.6) is 0 Å². The van der Waals surface area contributed by atoms with E-state index in [1.165, 1.54) is 99.5 Å². The van der Waals surface area contributed by atoms with E-state index in [0.29, 0.717) is 16.5 Å². The number of fused-ring (bicyclic) bond motifs is 1. The Morgan fingerprint density at radius 3 is 2.30 bits per heavy atom. The van der Waals surface area contributed by atoms with E-state index >= 15 is 0 Å². The standard InChI is InChI=1S/C15H17N7O5S3.C12H23N/c1-21-14(18-19-20-21)30-6-7-5-29-13-15(27-2,17-10(23)8(4-16)28-3)12(26)22(13)9(7)11(24)25;1-3-7-11(8-4-1)13-12-9-5-2-6-10-12/h8,13H,5-6H2,1-3H3,(H,17,23)(H,24,25);11-13H,1-10H2/t8?,13-,15-;/m0./s1. The van der Waals surface area contributed by atoms with Gasteiger partial charge in [-0.15, -0.1) is 28.6 Å². The lowest BCUT2D eigenvalue weighted by Crippen LogP contribution is -2.81. The number of carbonyl (C=O) groups is 3. The van der Waals surface area contributed by atoms with Crippen LogP contribution in [0.3, 0.4) is 0 Å². The molecule has 0 spiro atoms. The van der Waals surface area contributed by atoms with Gasteiger partial charge in [-0.05, 0) is 47.9 Å². The van der Waals surface area contributed by atoms with Crippen molar-refractivity contribution in [3.05, 3.63) is 11.3 Å². The van der Waals surface area contributed by atoms with Crippen LogP contribution >= 0.6 is 35.3 Å². The van der Waals surface area contributed by atoms with E-state index in [0.717, 1.165) is 28.7 Å². The number of aromatic nitrogens is 4. The first-order valence-electron chi connectivity index (χ1n) is 14.6. The van der Waals surface area contributed by atoms with Gasteiger partial charge in [0.2, 0.25) is 11.1 Å². The molecule has 2 aliphatic carbocycles. The maximum Gasteiger partial charge on any atom is 0.352 e. The maximum absolute atomic E-state index is 13.0. The Bertz CT molecular complexity index is 1210. The summed E-state index contributed by atoms with van der Waals surface area (Å²) in [5.41, 5.74) is -1.34. The van der Waals surface area contributed by atoms with E-state index < -0.39 is 34.1 Å². The van der Waals surface area contributed by atoms with Gasteiger partial charge in [-0.1, -0.05) is 50.3 Å².